The Morgan fingerprint density at radius 3 is 2.67 bits per heavy atom. The van der Waals surface area contributed by atoms with Crippen molar-refractivity contribution in [3.8, 4) is 11.5 Å². The van der Waals surface area contributed by atoms with Crippen molar-refractivity contribution in [2.24, 2.45) is 5.92 Å². The average Bonchev–Trinajstić information content (AvgIpc) is 2.14. The van der Waals surface area contributed by atoms with E-state index in [4.69, 9.17) is 4.74 Å². The van der Waals surface area contributed by atoms with Crippen molar-refractivity contribution in [1.82, 2.24) is 0 Å². The fourth-order valence-electron chi connectivity index (χ4n) is 1.38. The standard InChI is InChI=1S/C12H18O3/c1-9(2)6-11(14)8-15-12-5-3-4-10(13)7-12/h3-5,7,9,11,13-14H,6,8H2,1-2H3. The third-order valence-electron chi connectivity index (χ3n) is 2.00. The molecule has 0 saturated carbocycles. The normalized spacial score (nSPS) is 12.8. The van der Waals surface area contributed by atoms with Gasteiger partial charge in [0.15, 0.2) is 0 Å². The van der Waals surface area contributed by atoms with Crippen LogP contribution in [0.3, 0.4) is 0 Å². The minimum atomic E-state index is -0.452. The van der Waals surface area contributed by atoms with Crippen LogP contribution < -0.4 is 4.74 Å². The van der Waals surface area contributed by atoms with Crippen LogP contribution in [0.1, 0.15) is 20.3 Å². The Kier molecular flexibility index (Phi) is 4.43. The van der Waals surface area contributed by atoms with Crippen LogP contribution in [0.15, 0.2) is 24.3 Å². The minimum Gasteiger partial charge on any atom is -0.508 e. The van der Waals surface area contributed by atoms with Crippen molar-refractivity contribution in [2.75, 3.05) is 6.61 Å². The lowest BCUT2D eigenvalue weighted by Crippen LogP contribution is -2.19. The Morgan fingerprint density at radius 2 is 2.07 bits per heavy atom. The van der Waals surface area contributed by atoms with E-state index in [-0.39, 0.29) is 12.4 Å². The second kappa shape index (κ2) is 5.61. The molecule has 84 valence electrons. The first kappa shape index (κ1) is 11.9. The molecule has 1 aromatic carbocycles. The molecule has 0 bridgehead atoms. The van der Waals surface area contributed by atoms with E-state index in [0.717, 1.165) is 6.42 Å². The van der Waals surface area contributed by atoms with Crippen LogP contribution in [-0.2, 0) is 0 Å². The highest BCUT2D eigenvalue weighted by Gasteiger charge is 2.07. The largest absolute Gasteiger partial charge is 0.508 e. The van der Waals surface area contributed by atoms with Gasteiger partial charge in [0.25, 0.3) is 0 Å². The molecule has 0 fully saturated rings. The van der Waals surface area contributed by atoms with Gasteiger partial charge >= 0.3 is 0 Å². The molecule has 0 aliphatic carbocycles. The van der Waals surface area contributed by atoms with E-state index in [1.165, 1.54) is 6.07 Å². The van der Waals surface area contributed by atoms with Crippen molar-refractivity contribution in [1.29, 1.82) is 0 Å². The van der Waals surface area contributed by atoms with Crippen LogP contribution in [0.25, 0.3) is 0 Å². The number of hydrogen-bond acceptors (Lipinski definition) is 3. The number of benzene rings is 1. The summed E-state index contributed by atoms with van der Waals surface area (Å²) in [5.41, 5.74) is 0. The second-order valence-corrected chi connectivity index (χ2v) is 4.09. The van der Waals surface area contributed by atoms with Gasteiger partial charge in [0.2, 0.25) is 0 Å². The van der Waals surface area contributed by atoms with Crippen molar-refractivity contribution in [2.45, 2.75) is 26.4 Å². The third-order valence-corrected chi connectivity index (χ3v) is 2.00. The quantitative estimate of drug-likeness (QED) is 0.783. The van der Waals surface area contributed by atoms with Crippen LogP contribution in [0.2, 0.25) is 0 Å². The van der Waals surface area contributed by atoms with Crippen molar-refractivity contribution in [3.63, 3.8) is 0 Å². The van der Waals surface area contributed by atoms with E-state index >= 15 is 0 Å². The fraction of sp³-hybridized carbons (Fsp3) is 0.500. The van der Waals surface area contributed by atoms with E-state index < -0.39 is 6.10 Å². The highest BCUT2D eigenvalue weighted by molar-refractivity contribution is 5.31. The third kappa shape index (κ3) is 4.70. The van der Waals surface area contributed by atoms with Gasteiger partial charge in [-0.25, -0.2) is 0 Å². The lowest BCUT2D eigenvalue weighted by Gasteiger charge is -2.14. The smallest absolute Gasteiger partial charge is 0.123 e. The molecule has 2 N–H and O–H groups in total. The first-order valence-corrected chi connectivity index (χ1v) is 5.18. The number of phenols is 1. The molecule has 1 unspecified atom stereocenters. The SMILES string of the molecule is CC(C)CC(O)COc1cccc(O)c1. The van der Waals surface area contributed by atoms with Crippen LogP contribution in [0, 0.1) is 5.92 Å². The Morgan fingerprint density at radius 1 is 1.33 bits per heavy atom. The van der Waals surface area contributed by atoms with Gasteiger partial charge in [-0.1, -0.05) is 19.9 Å². The Bertz CT molecular complexity index is 297. The number of rotatable bonds is 5. The van der Waals surface area contributed by atoms with Crippen LogP contribution in [0.4, 0.5) is 0 Å². The predicted octanol–water partition coefficient (Wildman–Crippen LogP) is 2.18. The molecular weight excluding hydrogens is 192 g/mol. The van der Waals surface area contributed by atoms with Crippen molar-refractivity contribution in [3.05, 3.63) is 24.3 Å². The summed E-state index contributed by atoms with van der Waals surface area (Å²) in [6.07, 6.45) is 0.270. The van der Waals surface area contributed by atoms with E-state index in [2.05, 4.69) is 13.8 Å². The first-order valence-electron chi connectivity index (χ1n) is 5.18. The van der Waals surface area contributed by atoms with Crippen molar-refractivity contribution < 1.29 is 14.9 Å². The lowest BCUT2D eigenvalue weighted by molar-refractivity contribution is 0.0891. The number of ether oxygens (including phenoxy) is 1. The zero-order chi connectivity index (χ0) is 11.3. The molecule has 3 heteroatoms. The summed E-state index contributed by atoms with van der Waals surface area (Å²) in [4.78, 5) is 0. The molecule has 1 atom stereocenters. The highest BCUT2D eigenvalue weighted by atomic mass is 16.5. The topological polar surface area (TPSA) is 49.7 Å². The highest BCUT2D eigenvalue weighted by Crippen LogP contribution is 2.18. The Labute approximate surface area is 90.3 Å². The van der Waals surface area contributed by atoms with E-state index in [1.807, 2.05) is 0 Å². The van der Waals surface area contributed by atoms with Crippen LogP contribution in [-0.4, -0.2) is 22.9 Å². The van der Waals surface area contributed by atoms with E-state index in [1.54, 1.807) is 18.2 Å². The van der Waals surface area contributed by atoms with Gasteiger partial charge in [0, 0.05) is 6.07 Å². The zero-order valence-corrected chi connectivity index (χ0v) is 9.18. The molecule has 0 aliphatic heterocycles. The molecule has 0 aromatic heterocycles. The number of hydrogen-bond donors (Lipinski definition) is 2. The van der Waals surface area contributed by atoms with Gasteiger partial charge < -0.3 is 14.9 Å². The van der Waals surface area contributed by atoms with Crippen molar-refractivity contribution >= 4 is 0 Å². The molecule has 0 amide bonds. The predicted molar refractivity (Wildman–Crippen MR) is 59.1 cm³/mol. The van der Waals surface area contributed by atoms with E-state index in [0.29, 0.717) is 11.7 Å². The van der Waals surface area contributed by atoms with Gasteiger partial charge in [-0.2, -0.15) is 0 Å². The molecule has 1 rings (SSSR count). The molecule has 0 spiro atoms. The summed E-state index contributed by atoms with van der Waals surface area (Å²) in [6.45, 7) is 4.37. The number of aliphatic hydroxyl groups excluding tert-OH is 1. The maximum absolute atomic E-state index is 9.56. The van der Waals surface area contributed by atoms with Crippen LogP contribution >= 0.6 is 0 Å². The monoisotopic (exact) mass is 210 g/mol. The maximum atomic E-state index is 9.56. The minimum absolute atomic E-state index is 0.172. The molecule has 1 aromatic rings. The second-order valence-electron chi connectivity index (χ2n) is 4.09. The lowest BCUT2D eigenvalue weighted by atomic mass is 10.1. The maximum Gasteiger partial charge on any atom is 0.123 e. The zero-order valence-electron chi connectivity index (χ0n) is 9.18. The summed E-state index contributed by atoms with van der Waals surface area (Å²) in [7, 11) is 0. The summed E-state index contributed by atoms with van der Waals surface area (Å²) >= 11 is 0. The Balaban J connectivity index is 2.36. The molecule has 0 aliphatic rings. The Hall–Kier alpha value is -1.22. The van der Waals surface area contributed by atoms with Gasteiger partial charge in [0.1, 0.15) is 18.1 Å². The molecule has 0 saturated heterocycles. The van der Waals surface area contributed by atoms with Gasteiger partial charge in [-0.05, 0) is 24.5 Å². The molecule has 0 radical (unpaired) electrons. The summed E-state index contributed by atoms with van der Waals surface area (Å²) in [6, 6.07) is 6.57. The molecular formula is C12H18O3. The van der Waals surface area contributed by atoms with Gasteiger partial charge in [-0.15, -0.1) is 0 Å². The first-order chi connectivity index (χ1) is 7.08. The van der Waals surface area contributed by atoms with E-state index in [9.17, 15) is 10.2 Å². The fourth-order valence-corrected chi connectivity index (χ4v) is 1.38. The summed E-state index contributed by atoms with van der Waals surface area (Å²) in [5.74, 6) is 1.21. The van der Waals surface area contributed by atoms with Crippen LogP contribution in [0.5, 0.6) is 11.5 Å². The summed E-state index contributed by atoms with van der Waals surface area (Å²) in [5, 5.41) is 18.7. The number of aliphatic hydroxyl groups is 1. The number of phenolic OH excluding ortho intramolecular Hbond substituents is 1. The summed E-state index contributed by atoms with van der Waals surface area (Å²) < 4.78 is 5.34. The van der Waals surface area contributed by atoms with Gasteiger partial charge in [0.05, 0.1) is 6.10 Å². The molecule has 3 nitrogen and oxygen atoms in total. The molecule has 0 heterocycles. The van der Waals surface area contributed by atoms with Gasteiger partial charge in [-0.3, -0.25) is 0 Å². The molecule has 15 heavy (non-hydrogen) atoms. The number of aromatic hydroxyl groups is 1. The average molecular weight is 210 g/mol.